The summed E-state index contributed by atoms with van der Waals surface area (Å²) in [5, 5.41) is 9.01. The molecule has 0 aliphatic heterocycles. The first-order chi connectivity index (χ1) is 14.5. The van der Waals surface area contributed by atoms with Crippen molar-refractivity contribution in [2.75, 3.05) is 20.8 Å². The van der Waals surface area contributed by atoms with E-state index in [2.05, 4.69) is 10.2 Å². The highest BCUT2D eigenvalue weighted by atomic mass is 32.2. The van der Waals surface area contributed by atoms with Gasteiger partial charge in [0.1, 0.15) is 5.25 Å². The number of carbonyl (C=O) groups is 1. The van der Waals surface area contributed by atoms with Crippen molar-refractivity contribution in [2.24, 2.45) is 0 Å². The molecule has 30 heavy (non-hydrogen) atoms. The maximum Gasteiger partial charge on any atom is 0.319 e. The number of hydrogen-bond acceptors (Lipinski definition) is 7. The molecule has 1 aromatic heterocycles. The quantitative estimate of drug-likeness (QED) is 0.392. The Hall–Kier alpha value is -3.00. The molecule has 0 saturated carbocycles. The average Bonchev–Trinajstić information content (AvgIpc) is 3.16. The van der Waals surface area contributed by atoms with Crippen LogP contribution in [0.15, 0.2) is 47.6 Å². The van der Waals surface area contributed by atoms with E-state index in [1.807, 2.05) is 54.0 Å². The fraction of sp³-hybridized carbons (Fsp3) is 0.318. The second kappa shape index (κ2) is 9.67. The molecule has 0 bridgehead atoms. The van der Waals surface area contributed by atoms with Gasteiger partial charge in [0.15, 0.2) is 22.5 Å². The SMILES string of the molecule is CCOC(=O)[C@@H](C)Sc1nnc(-c2ccc(OC)c(OC)c2)n1-c1ccccc1C. The Bertz CT molecular complexity index is 1030. The van der Waals surface area contributed by atoms with Gasteiger partial charge in [-0.2, -0.15) is 0 Å². The number of para-hydroxylation sites is 1. The van der Waals surface area contributed by atoms with Gasteiger partial charge in [-0.1, -0.05) is 30.0 Å². The number of hydrogen-bond donors (Lipinski definition) is 0. The number of ether oxygens (including phenoxy) is 3. The van der Waals surface area contributed by atoms with Gasteiger partial charge in [-0.05, 0) is 50.6 Å². The number of methoxy groups -OCH3 is 2. The zero-order chi connectivity index (χ0) is 21.7. The van der Waals surface area contributed by atoms with Gasteiger partial charge in [-0.3, -0.25) is 9.36 Å². The average molecular weight is 428 g/mol. The van der Waals surface area contributed by atoms with Gasteiger partial charge < -0.3 is 14.2 Å². The van der Waals surface area contributed by atoms with Gasteiger partial charge in [0, 0.05) is 5.56 Å². The fourth-order valence-corrected chi connectivity index (χ4v) is 3.86. The third kappa shape index (κ3) is 4.43. The molecule has 0 radical (unpaired) electrons. The minimum atomic E-state index is -0.421. The van der Waals surface area contributed by atoms with Crippen LogP contribution >= 0.6 is 11.8 Å². The zero-order valence-corrected chi connectivity index (χ0v) is 18.5. The first kappa shape index (κ1) is 21.7. The van der Waals surface area contributed by atoms with E-state index >= 15 is 0 Å². The highest BCUT2D eigenvalue weighted by Gasteiger charge is 2.23. The molecule has 7 nitrogen and oxygen atoms in total. The van der Waals surface area contributed by atoms with Crippen molar-refractivity contribution >= 4 is 17.7 Å². The summed E-state index contributed by atoms with van der Waals surface area (Å²) < 4.78 is 17.9. The van der Waals surface area contributed by atoms with Crippen LogP contribution in [-0.4, -0.2) is 46.8 Å². The number of carbonyl (C=O) groups excluding carboxylic acids is 1. The second-order valence-corrected chi connectivity index (χ2v) is 7.82. The van der Waals surface area contributed by atoms with Crippen LogP contribution in [0.5, 0.6) is 11.5 Å². The molecule has 3 rings (SSSR count). The van der Waals surface area contributed by atoms with Crippen molar-refractivity contribution in [2.45, 2.75) is 31.2 Å². The monoisotopic (exact) mass is 427 g/mol. The first-order valence-electron chi connectivity index (χ1n) is 9.57. The van der Waals surface area contributed by atoms with Crippen molar-refractivity contribution in [3.63, 3.8) is 0 Å². The number of aromatic nitrogens is 3. The molecule has 8 heteroatoms. The minimum absolute atomic E-state index is 0.283. The predicted octanol–water partition coefficient (Wildman–Crippen LogP) is 4.30. The fourth-order valence-electron chi connectivity index (χ4n) is 3.01. The van der Waals surface area contributed by atoms with Gasteiger partial charge in [0.2, 0.25) is 0 Å². The number of rotatable bonds is 8. The van der Waals surface area contributed by atoms with Crippen LogP contribution in [0, 0.1) is 6.92 Å². The van der Waals surface area contributed by atoms with Gasteiger partial charge in [-0.25, -0.2) is 0 Å². The van der Waals surface area contributed by atoms with E-state index in [0.29, 0.717) is 29.1 Å². The van der Waals surface area contributed by atoms with Crippen LogP contribution < -0.4 is 9.47 Å². The first-order valence-corrected chi connectivity index (χ1v) is 10.4. The molecule has 0 spiro atoms. The number of thioether (sulfide) groups is 1. The Balaban J connectivity index is 2.12. The summed E-state index contributed by atoms with van der Waals surface area (Å²) in [6, 6.07) is 13.6. The normalized spacial score (nSPS) is 11.8. The largest absolute Gasteiger partial charge is 0.493 e. The van der Waals surface area contributed by atoms with Crippen molar-refractivity contribution < 1.29 is 19.0 Å². The Morgan fingerprint density at radius 3 is 2.50 bits per heavy atom. The number of aryl methyl sites for hydroxylation is 1. The maximum absolute atomic E-state index is 12.2. The predicted molar refractivity (Wildman–Crippen MR) is 117 cm³/mol. The molecular formula is C22H25N3O4S. The van der Waals surface area contributed by atoms with Gasteiger partial charge >= 0.3 is 5.97 Å². The molecule has 3 aromatic rings. The Labute approximate surface area is 180 Å². The summed E-state index contributed by atoms with van der Waals surface area (Å²) in [6.07, 6.45) is 0. The smallest absolute Gasteiger partial charge is 0.319 e. The minimum Gasteiger partial charge on any atom is -0.493 e. The van der Waals surface area contributed by atoms with E-state index in [1.165, 1.54) is 11.8 Å². The summed E-state index contributed by atoms with van der Waals surface area (Å²) in [5.41, 5.74) is 2.81. The van der Waals surface area contributed by atoms with Gasteiger partial charge in [0.25, 0.3) is 0 Å². The van der Waals surface area contributed by atoms with E-state index in [9.17, 15) is 4.79 Å². The van der Waals surface area contributed by atoms with Crippen LogP contribution in [0.2, 0.25) is 0 Å². The highest BCUT2D eigenvalue weighted by Crippen LogP contribution is 2.35. The van der Waals surface area contributed by atoms with E-state index in [1.54, 1.807) is 28.1 Å². The summed E-state index contributed by atoms with van der Waals surface area (Å²) in [4.78, 5) is 12.2. The highest BCUT2D eigenvalue weighted by molar-refractivity contribution is 8.00. The van der Waals surface area contributed by atoms with E-state index < -0.39 is 5.25 Å². The lowest BCUT2D eigenvalue weighted by Crippen LogP contribution is -2.17. The van der Waals surface area contributed by atoms with Gasteiger partial charge in [0.05, 0.1) is 26.5 Å². The molecule has 2 aromatic carbocycles. The molecule has 0 aliphatic rings. The van der Waals surface area contributed by atoms with Crippen molar-refractivity contribution in [1.82, 2.24) is 14.8 Å². The zero-order valence-electron chi connectivity index (χ0n) is 17.7. The number of benzene rings is 2. The number of nitrogens with zero attached hydrogens (tertiary/aromatic N) is 3. The summed E-state index contributed by atoms with van der Waals surface area (Å²) in [5.74, 6) is 1.59. The van der Waals surface area contributed by atoms with Crippen molar-refractivity contribution in [1.29, 1.82) is 0 Å². The molecule has 0 saturated heterocycles. The molecule has 0 N–H and O–H groups in total. The molecule has 1 heterocycles. The summed E-state index contributed by atoms with van der Waals surface area (Å²) >= 11 is 1.31. The number of esters is 1. The van der Waals surface area contributed by atoms with E-state index in [-0.39, 0.29) is 5.97 Å². The van der Waals surface area contributed by atoms with Crippen molar-refractivity contribution in [3.05, 3.63) is 48.0 Å². The van der Waals surface area contributed by atoms with Crippen LogP contribution in [0.1, 0.15) is 19.4 Å². The Morgan fingerprint density at radius 2 is 1.83 bits per heavy atom. The standard InChI is InChI=1S/C22H25N3O4S/c1-6-29-21(26)15(3)30-22-24-23-20(25(22)17-10-8-7-9-14(17)2)16-11-12-18(27-4)19(13-16)28-5/h7-13,15H,6H2,1-5H3/t15-/m1/s1. The molecule has 158 valence electrons. The van der Waals surface area contributed by atoms with Crippen LogP contribution in [0.25, 0.3) is 17.1 Å². The lowest BCUT2D eigenvalue weighted by atomic mass is 10.1. The molecule has 1 atom stereocenters. The van der Waals surface area contributed by atoms with Crippen LogP contribution in [0.3, 0.4) is 0 Å². The topological polar surface area (TPSA) is 75.5 Å². The molecule has 0 aliphatic carbocycles. The molecule has 0 unspecified atom stereocenters. The summed E-state index contributed by atoms with van der Waals surface area (Å²) in [7, 11) is 3.19. The maximum atomic E-state index is 12.2. The third-order valence-corrected chi connectivity index (χ3v) is 5.55. The van der Waals surface area contributed by atoms with Crippen LogP contribution in [-0.2, 0) is 9.53 Å². The van der Waals surface area contributed by atoms with E-state index in [4.69, 9.17) is 14.2 Å². The second-order valence-electron chi connectivity index (χ2n) is 6.51. The third-order valence-electron chi connectivity index (χ3n) is 4.53. The van der Waals surface area contributed by atoms with Gasteiger partial charge in [-0.15, -0.1) is 10.2 Å². The molecule has 0 fully saturated rings. The van der Waals surface area contributed by atoms with Crippen molar-refractivity contribution in [3.8, 4) is 28.6 Å². The lowest BCUT2D eigenvalue weighted by molar-refractivity contribution is -0.142. The Morgan fingerprint density at radius 1 is 1.10 bits per heavy atom. The summed E-state index contributed by atoms with van der Waals surface area (Å²) in [6.45, 7) is 5.96. The van der Waals surface area contributed by atoms with Crippen LogP contribution in [0.4, 0.5) is 0 Å². The molecule has 0 amide bonds. The molecular weight excluding hydrogens is 402 g/mol. The lowest BCUT2D eigenvalue weighted by Gasteiger charge is -2.15. The van der Waals surface area contributed by atoms with E-state index in [0.717, 1.165) is 16.8 Å². The Kier molecular flexibility index (Phi) is 6.99.